The highest BCUT2D eigenvalue weighted by molar-refractivity contribution is 9.10. The first kappa shape index (κ1) is 17.0. The van der Waals surface area contributed by atoms with Gasteiger partial charge >= 0.3 is 6.36 Å². The molecule has 2 rings (SSSR count). The van der Waals surface area contributed by atoms with Crippen LogP contribution in [0.15, 0.2) is 22.7 Å². The van der Waals surface area contributed by atoms with Crippen LogP contribution in [0.5, 0.6) is 5.75 Å². The van der Waals surface area contributed by atoms with Crippen LogP contribution in [0.3, 0.4) is 0 Å². The van der Waals surface area contributed by atoms with E-state index in [-0.39, 0.29) is 23.1 Å². The lowest BCUT2D eigenvalue weighted by Crippen LogP contribution is -2.32. The maximum atomic E-state index is 12.1. The van der Waals surface area contributed by atoms with Gasteiger partial charge in [-0.2, -0.15) is 0 Å². The number of anilines is 1. The van der Waals surface area contributed by atoms with Crippen LogP contribution in [0.25, 0.3) is 0 Å². The van der Waals surface area contributed by atoms with E-state index in [1.165, 1.54) is 6.07 Å². The van der Waals surface area contributed by atoms with E-state index < -0.39 is 33.3 Å². The molecule has 1 aromatic rings. The monoisotopic (exact) mass is 402 g/mol. The molecule has 1 atom stereocenters. The van der Waals surface area contributed by atoms with Gasteiger partial charge in [0.05, 0.1) is 5.69 Å². The molecule has 0 radical (unpaired) electrons. The molecular weight excluding hydrogens is 393 g/mol. The number of rotatable bonds is 3. The van der Waals surface area contributed by atoms with Crippen molar-refractivity contribution in [3.63, 3.8) is 0 Å². The van der Waals surface area contributed by atoms with Gasteiger partial charge in [0.15, 0.2) is 0 Å². The fraction of sp³-hybridized carbons (Fsp3) is 0.364. The molecule has 11 heteroatoms. The van der Waals surface area contributed by atoms with E-state index in [0.29, 0.717) is 0 Å². The highest BCUT2D eigenvalue weighted by Gasteiger charge is 2.38. The molecule has 0 aromatic heterocycles. The minimum Gasteiger partial charge on any atom is -0.406 e. The number of carbonyl (C=O) groups excluding carboxylic acids is 1. The Labute approximate surface area is 132 Å². The molecule has 1 saturated heterocycles. The summed E-state index contributed by atoms with van der Waals surface area (Å²) in [6.07, 6.45) is -5.10. The highest BCUT2D eigenvalue weighted by Crippen LogP contribution is 2.35. The summed E-state index contributed by atoms with van der Waals surface area (Å²) in [7, 11) is -3.87. The molecule has 1 aliphatic heterocycles. The molecule has 0 spiro atoms. The van der Waals surface area contributed by atoms with Gasteiger partial charge in [-0.05, 0) is 34.1 Å². The summed E-state index contributed by atoms with van der Waals surface area (Å²) in [6, 6.07) is 3.31. The number of hydrogen-bond acceptors (Lipinski definition) is 4. The summed E-state index contributed by atoms with van der Waals surface area (Å²) in [5.74, 6) is -0.943. The Bertz CT molecular complexity index is 708. The number of nitrogens with two attached hydrogens (primary N) is 1. The number of amides is 1. The fourth-order valence-corrected chi connectivity index (χ4v) is 3.33. The van der Waals surface area contributed by atoms with E-state index in [4.69, 9.17) is 5.14 Å². The van der Waals surface area contributed by atoms with Crippen molar-refractivity contribution >= 4 is 37.5 Å². The molecular formula is C11H10BrF3N2O4S. The van der Waals surface area contributed by atoms with Gasteiger partial charge in [-0.1, -0.05) is 0 Å². The van der Waals surface area contributed by atoms with Crippen molar-refractivity contribution in [3.05, 3.63) is 22.7 Å². The van der Waals surface area contributed by atoms with Crippen LogP contribution in [-0.2, 0) is 14.8 Å². The van der Waals surface area contributed by atoms with Crippen molar-refractivity contribution in [1.82, 2.24) is 0 Å². The number of ether oxygens (including phenoxy) is 1. The maximum absolute atomic E-state index is 12.1. The summed E-state index contributed by atoms with van der Waals surface area (Å²) >= 11 is 3.04. The molecule has 1 aliphatic rings. The zero-order valence-electron chi connectivity index (χ0n) is 10.8. The molecule has 1 unspecified atom stereocenters. The average molecular weight is 403 g/mol. The standard InChI is InChI=1S/C11H10BrF3N2O4S/c12-8-3-6(21-11(13,14)15)1-2-9(8)17-5-7(4-10(17)18)22(16,19)20/h1-3,7H,4-5H2,(H2,16,19,20). The SMILES string of the molecule is NS(=O)(=O)C1CC(=O)N(c2ccc(OC(F)(F)F)cc2Br)C1. The third-order valence-corrected chi connectivity index (χ3v) is 4.88. The molecule has 22 heavy (non-hydrogen) atoms. The third kappa shape index (κ3) is 3.90. The number of hydrogen-bond donors (Lipinski definition) is 1. The maximum Gasteiger partial charge on any atom is 0.573 e. The Morgan fingerprint density at radius 2 is 2.00 bits per heavy atom. The van der Waals surface area contributed by atoms with Crippen LogP contribution in [-0.4, -0.2) is 32.5 Å². The smallest absolute Gasteiger partial charge is 0.406 e. The number of nitrogens with zero attached hydrogens (tertiary/aromatic N) is 1. The van der Waals surface area contributed by atoms with Gasteiger partial charge in [0, 0.05) is 17.4 Å². The summed E-state index contributed by atoms with van der Waals surface area (Å²) in [5, 5.41) is 3.97. The van der Waals surface area contributed by atoms with Crippen LogP contribution in [0, 0.1) is 0 Å². The van der Waals surface area contributed by atoms with Crippen LogP contribution in [0.1, 0.15) is 6.42 Å². The Morgan fingerprint density at radius 1 is 1.36 bits per heavy atom. The first-order valence-corrected chi connectivity index (χ1v) is 8.25. The second kappa shape index (κ2) is 5.70. The Hall–Kier alpha value is -1.33. The number of alkyl halides is 3. The molecule has 1 amide bonds. The molecule has 0 saturated carbocycles. The zero-order valence-corrected chi connectivity index (χ0v) is 13.2. The summed E-state index contributed by atoms with van der Waals surface area (Å²) in [6.45, 7) is -0.157. The largest absolute Gasteiger partial charge is 0.573 e. The minimum absolute atomic E-state index is 0.157. The van der Waals surface area contributed by atoms with Crippen LogP contribution in [0.4, 0.5) is 18.9 Å². The Balaban J connectivity index is 2.25. The predicted octanol–water partition coefficient (Wildman–Crippen LogP) is 1.74. The van der Waals surface area contributed by atoms with Gasteiger partial charge in [0.2, 0.25) is 15.9 Å². The summed E-state index contributed by atoms with van der Waals surface area (Å²) in [4.78, 5) is 13.0. The lowest BCUT2D eigenvalue weighted by atomic mass is 10.3. The van der Waals surface area contributed by atoms with Crippen molar-refractivity contribution in [3.8, 4) is 5.75 Å². The molecule has 1 fully saturated rings. The number of halogens is 4. The number of primary sulfonamides is 1. The number of benzene rings is 1. The molecule has 0 bridgehead atoms. The first-order valence-electron chi connectivity index (χ1n) is 5.84. The van der Waals surface area contributed by atoms with E-state index in [0.717, 1.165) is 17.0 Å². The van der Waals surface area contributed by atoms with Crippen molar-refractivity contribution in [1.29, 1.82) is 0 Å². The van der Waals surface area contributed by atoms with E-state index >= 15 is 0 Å². The van der Waals surface area contributed by atoms with E-state index in [9.17, 15) is 26.4 Å². The minimum atomic E-state index is -4.83. The second-order valence-corrected chi connectivity index (χ2v) is 7.28. The van der Waals surface area contributed by atoms with E-state index in [2.05, 4.69) is 20.7 Å². The third-order valence-electron chi connectivity index (χ3n) is 3.00. The van der Waals surface area contributed by atoms with E-state index in [1.807, 2.05) is 0 Å². The molecule has 1 aromatic carbocycles. The van der Waals surface area contributed by atoms with Crippen molar-refractivity contribution < 1.29 is 31.1 Å². The highest BCUT2D eigenvalue weighted by atomic mass is 79.9. The second-order valence-electron chi connectivity index (χ2n) is 4.58. The van der Waals surface area contributed by atoms with Gasteiger partial charge in [0.1, 0.15) is 11.0 Å². The van der Waals surface area contributed by atoms with Gasteiger partial charge in [-0.15, -0.1) is 13.2 Å². The average Bonchev–Trinajstić information content (AvgIpc) is 2.69. The Morgan fingerprint density at radius 3 is 2.45 bits per heavy atom. The van der Waals surface area contributed by atoms with Crippen LogP contribution in [0.2, 0.25) is 0 Å². The predicted molar refractivity (Wildman–Crippen MR) is 74.7 cm³/mol. The van der Waals surface area contributed by atoms with Gasteiger partial charge < -0.3 is 9.64 Å². The number of sulfonamides is 1. The number of carbonyl (C=O) groups is 1. The molecule has 2 N–H and O–H groups in total. The fourth-order valence-electron chi connectivity index (χ4n) is 2.03. The molecule has 6 nitrogen and oxygen atoms in total. The molecule has 1 heterocycles. The van der Waals surface area contributed by atoms with E-state index in [1.54, 1.807) is 0 Å². The lowest BCUT2D eigenvalue weighted by Gasteiger charge is -2.19. The van der Waals surface area contributed by atoms with Gasteiger partial charge in [-0.3, -0.25) is 4.79 Å². The molecule has 0 aliphatic carbocycles. The van der Waals surface area contributed by atoms with Gasteiger partial charge in [0.25, 0.3) is 0 Å². The molecule has 122 valence electrons. The lowest BCUT2D eigenvalue weighted by molar-refractivity contribution is -0.274. The summed E-state index contributed by atoms with van der Waals surface area (Å²) in [5.41, 5.74) is 0.241. The first-order chi connectivity index (χ1) is 9.97. The summed E-state index contributed by atoms with van der Waals surface area (Å²) < 4.78 is 62.9. The zero-order chi connectivity index (χ0) is 16.7. The van der Waals surface area contributed by atoms with Crippen molar-refractivity contribution in [2.24, 2.45) is 5.14 Å². The Kier molecular flexibility index (Phi) is 4.42. The van der Waals surface area contributed by atoms with Gasteiger partial charge in [-0.25, -0.2) is 13.6 Å². The van der Waals surface area contributed by atoms with Crippen molar-refractivity contribution in [2.75, 3.05) is 11.4 Å². The van der Waals surface area contributed by atoms with Crippen molar-refractivity contribution in [2.45, 2.75) is 18.0 Å². The normalized spacial score (nSPS) is 19.6. The van der Waals surface area contributed by atoms with Crippen LogP contribution < -0.4 is 14.8 Å². The van der Waals surface area contributed by atoms with Crippen LogP contribution >= 0.6 is 15.9 Å². The topological polar surface area (TPSA) is 89.7 Å². The quantitative estimate of drug-likeness (QED) is 0.833.